The number of hydrogen-bond acceptors (Lipinski definition) is 4. The molecule has 3 N–H and O–H groups in total. The maximum Gasteiger partial charge on any atom is 0.232 e. The van der Waals surface area contributed by atoms with E-state index >= 15 is 0 Å². The van der Waals surface area contributed by atoms with E-state index < -0.39 is 0 Å². The van der Waals surface area contributed by atoms with Crippen LogP contribution in [0, 0.1) is 0 Å². The van der Waals surface area contributed by atoms with E-state index in [0.29, 0.717) is 5.75 Å². The van der Waals surface area contributed by atoms with Crippen LogP contribution in [0.1, 0.15) is 19.8 Å². The zero-order valence-corrected chi connectivity index (χ0v) is 10.9. The second kappa shape index (κ2) is 7.92. The van der Waals surface area contributed by atoms with Gasteiger partial charge in [-0.25, -0.2) is 0 Å². The first-order valence-corrected chi connectivity index (χ1v) is 7.17. The van der Waals surface area contributed by atoms with E-state index in [4.69, 9.17) is 5.73 Å². The molecule has 1 rings (SSSR count). The molecule has 0 saturated carbocycles. The molecule has 1 aliphatic heterocycles. The first kappa shape index (κ1) is 13.8. The molecule has 1 aliphatic rings. The van der Waals surface area contributed by atoms with Crippen LogP contribution in [0.2, 0.25) is 0 Å². The van der Waals surface area contributed by atoms with Crippen LogP contribution in [-0.4, -0.2) is 54.5 Å². The molecule has 1 heterocycles. The van der Waals surface area contributed by atoms with E-state index in [9.17, 15) is 4.79 Å². The van der Waals surface area contributed by atoms with Gasteiger partial charge in [0.15, 0.2) is 0 Å². The van der Waals surface area contributed by atoms with Crippen molar-refractivity contribution in [2.24, 2.45) is 5.73 Å². The first-order chi connectivity index (χ1) is 7.70. The standard InChI is InChI=1S/C11H23N3OS/c1-10(12)3-8-16-9-11(15)14-6-2-4-13-5-7-14/h10,13H,2-9,12H2,1H3. The van der Waals surface area contributed by atoms with Gasteiger partial charge in [-0.05, 0) is 32.1 Å². The lowest BCUT2D eigenvalue weighted by Gasteiger charge is -2.19. The van der Waals surface area contributed by atoms with Crippen LogP contribution in [0.15, 0.2) is 0 Å². The second-order valence-corrected chi connectivity index (χ2v) is 5.41. The minimum atomic E-state index is 0.241. The largest absolute Gasteiger partial charge is 0.341 e. The molecule has 94 valence electrons. The maximum atomic E-state index is 11.8. The summed E-state index contributed by atoms with van der Waals surface area (Å²) < 4.78 is 0. The Morgan fingerprint density at radius 3 is 3.06 bits per heavy atom. The van der Waals surface area contributed by atoms with Gasteiger partial charge in [0.25, 0.3) is 0 Å². The summed E-state index contributed by atoms with van der Waals surface area (Å²) in [6.45, 7) is 5.72. The predicted molar refractivity (Wildman–Crippen MR) is 69.7 cm³/mol. The number of rotatable bonds is 5. The highest BCUT2D eigenvalue weighted by Gasteiger charge is 2.14. The molecule has 1 saturated heterocycles. The number of hydrogen-bond donors (Lipinski definition) is 2. The summed E-state index contributed by atoms with van der Waals surface area (Å²) in [6, 6.07) is 0.241. The van der Waals surface area contributed by atoms with Gasteiger partial charge >= 0.3 is 0 Å². The molecule has 0 spiro atoms. The third kappa shape index (κ3) is 5.72. The highest BCUT2D eigenvalue weighted by molar-refractivity contribution is 7.99. The molecule has 0 bridgehead atoms. The number of amides is 1. The minimum absolute atomic E-state index is 0.241. The van der Waals surface area contributed by atoms with E-state index in [2.05, 4.69) is 5.32 Å². The van der Waals surface area contributed by atoms with Gasteiger partial charge in [0.2, 0.25) is 5.91 Å². The summed E-state index contributed by atoms with van der Waals surface area (Å²) in [5, 5.41) is 3.30. The number of carbonyl (C=O) groups excluding carboxylic acids is 1. The molecule has 0 aromatic carbocycles. The van der Waals surface area contributed by atoms with E-state index in [1.807, 2.05) is 11.8 Å². The van der Waals surface area contributed by atoms with Crippen molar-refractivity contribution < 1.29 is 4.79 Å². The molecule has 16 heavy (non-hydrogen) atoms. The minimum Gasteiger partial charge on any atom is -0.341 e. The number of nitrogens with zero attached hydrogens (tertiary/aromatic N) is 1. The van der Waals surface area contributed by atoms with Crippen molar-refractivity contribution in [1.82, 2.24) is 10.2 Å². The van der Waals surface area contributed by atoms with Crippen LogP contribution in [0.4, 0.5) is 0 Å². The highest BCUT2D eigenvalue weighted by Crippen LogP contribution is 2.07. The van der Waals surface area contributed by atoms with Crippen molar-refractivity contribution in [3.05, 3.63) is 0 Å². The molecule has 1 atom stereocenters. The Balaban J connectivity index is 2.13. The third-order valence-electron chi connectivity index (χ3n) is 2.64. The zero-order valence-electron chi connectivity index (χ0n) is 10.1. The van der Waals surface area contributed by atoms with Gasteiger partial charge in [-0.15, -0.1) is 0 Å². The zero-order chi connectivity index (χ0) is 11.8. The molecule has 1 unspecified atom stereocenters. The second-order valence-electron chi connectivity index (χ2n) is 4.30. The smallest absolute Gasteiger partial charge is 0.232 e. The average molecular weight is 245 g/mol. The van der Waals surface area contributed by atoms with Crippen molar-refractivity contribution in [1.29, 1.82) is 0 Å². The monoisotopic (exact) mass is 245 g/mol. The predicted octanol–water partition coefficient (Wildman–Crippen LogP) is 0.279. The first-order valence-electron chi connectivity index (χ1n) is 6.02. The van der Waals surface area contributed by atoms with E-state index in [0.717, 1.165) is 44.8 Å². The fourth-order valence-electron chi connectivity index (χ4n) is 1.62. The van der Waals surface area contributed by atoms with E-state index in [-0.39, 0.29) is 11.9 Å². The highest BCUT2D eigenvalue weighted by atomic mass is 32.2. The van der Waals surface area contributed by atoms with Gasteiger partial charge in [0, 0.05) is 25.7 Å². The lowest BCUT2D eigenvalue weighted by molar-refractivity contribution is -0.128. The topological polar surface area (TPSA) is 58.4 Å². The Hall–Kier alpha value is -0.260. The summed E-state index contributed by atoms with van der Waals surface area (Å²) in [5.74, 6) is 1.86. The molecule has 0 radical (unpaired) electrons. The summed E-state index contributed by atoms with van der Waals surface area (Å²) in [7, 11) is 0. The SMILES string of the molecule is CC(N)CCSCC(=O)N1CCCNCC1. The Bertz CT molecular complexity index is 203. The van der Waals surface area contributed by atoms with Gasteiger partial charge in [0.1, 0.15) is 0 Å². The quantitative estimate of drug-likeness (QED) is 0.683. The van der Waals surface area contributed by atoms with Crippen molar-refractivity contribution in [3.8, 4) is 0 Å². The van der Waals surface area contributed by atoms with Crippen LogP contribution < -0.4 is 11.1 Å². The van der Waals surface area contributed by atoms with Gasteiger partial charge in [0.05, 0.1) is 5.75 Å². The van der Waals surface area contributed by atoms with Gasteiger partial charge < -0.3 is 16.0 Å². The molecule has 0 aromatic heterocycles. The Morgan fingerprint density at radius 2 is 2.31 bits per heavy atom. The molecule has 1 amide bonds. The molecule has 1 fully saturated rings. The van der Waals surface area contributed by atoms with Crippen molar-refractivity contribution in [2.75, 3.05) is 37.7 Å². The van der Waals surface area contributed by atoms with Gasteiger partial charge in [-0.1, -0.05) is 0 Å². The summed E-state index contributed by atoms with van der Waals surface area (Å²) in [6.07, 6.45) is 2.05. The van der Waals surface area contributed by atoms with Crippen LogP contribution in [0.3, 0.4) is 0 Å². The Kier molecular flexibility index (Phi) is 6.84. The average Bonchev–Trinajstić information content (AvgIpc) is 2.52. The molecular formula is C11H23N3OS. The Labute approximate surface area is 102 Å². The number of nitrogens with one attached hydrogen (secondary N) is 1. The van der Waals surface area contributed by atoms with Crippen molar-refractivity contribution in [3.63, 3.8) is 0 Å². The van der Waals surface area contributed by atoms with Crippen LogP contribution >= 0.6 is 11.8 Å². The van der Waals surface area contributed by atoms with E-state index in [1.54, 1.807) is 11.8 Å². The summed E-state index contributed by atoms with van der Waals surface area (Å²) in [5.41, 5.74) is 5.66. The molecule has 4 nitrogen and oxygen atoms in total. The molecule has 5 heteroatoms. The van der Waals surface area contributed by atoms with Crippen LogP contribution in [-0.2, 0) is 4.79 Å². The lowest BCUT2D eigenvalue weighted by atomic mass is 10.3. The fraction of sp³-hybridized carbons (Fsp3) is 0.909. The van der Waals surface area contributed by atoms with Gasteiger partial charge in [-0.3, -0.25) is 4.79 Å². The van der Waals surface area contributed by atoms with Crippen molar-refractivity contribution >= 4 is 17.7 Å². The number of thioether (sulfide) groups is 1. The lowest BCUT2D eigenvalue weighted by Crippen LogP contribution is -2.35. The van der Waals surface area contributed by atoms with Crippen molar-refractivity contribution in [2.45, 2.75) is 25.8 Å². The molecular weight excluding hydrogens is 222 g/mol. The summed E-state index contributed by atoms with van der Waals surface area (Å²) in [4.78, 5) is 13.8. The summed E-state index contributed by atoms with van der Waals surface area (Å²) >= 11 is 1.70. The molecule has 0 aromatic rings. The normalized spacial score (nSPS) is 19.2. The fourth-order valence-corrected chi connectivity index (χ4v) is 2.66. The molecule has 0 aliphatic carbocycles. The maximum absolute atomic E-state index is 11.8. The van der Waals surface area contributed by atoms with E-state index in [1.165, 1.54) is 0 Å². The third-order valence-corrected chi connectivity index (χ3v) is 3.61. The van der Waals surface area contributed by atoms with Gasteiger partial charge in [-0.2, -0.15) is 11.8 Å². The number of carbonyl (C=O) groups is 1. The van der Waals surface area contributed by atoms with Crippen LogP contribution in [0.5, 0.6) is 0 Å². The van der Waals surface area contributed by atoms with Crippen LogP contribution in [0.25, 0.3) is 0 Å². The Morgan fingerprint density at radius 1 is 1.50 bits per heavy atom. The number of nitrogens with two attached hydrogens (primary N) is 1.